The van der Waals surface area contributed by atoms with Crippen LogP contribution in [0.4, 0.5) is 0 Å². The number of fused-ring (bicyclic) bond motifs is 1. The number of thiophene rings is 1. The Labute approximate surface area is 175 Å². The quantitative estimate of drug-likeness (QED) is 0.604. The van der Waals surface area contributed by atoms with Crippen LogP contribution in [0.3, 0.4) is 0 Å². The second-order valence-corrected chi connectivity index (χ2v) is 7.84. The van der Waals surface area contributed by atoms with Crippen molar-refractivity contribution >= 4 is 23.2 Å². The third kappa shape index (κ3) is 4.86. The zero-order valence-electron chi connectivity index (χ0n) is 16.9. The number of benzene rings is 1. The average Bonchev–Trinajstić information content (AvgIpc) is 3.27. The van der Waals surface area contributed by atoms with E-state index in [4.69, 9.17) is 9.47 Å². The Kier molecular flexibility index (Phi) is 7.80. The van der Waals surface area contributed by atoms with Crippen LogP contribution in [-0.2, 0) is 14.3 Å². The molecular formula is C22H28N2O4S. The number of hydrogen-bond donors (Lipinski definition) is 1. The minimum atomic E-state index is -0.466. The lowest BCUT2D eigenvalue weighted by molar-refractivity contribution is -0.124. The second kappa shape index (κ2) is 10.5. The van der Waals surface area contributed by atoms with Gasteiger partial charge in [-0.15, -0.1) is 11.3 Å². The van der Waals surface area contributed by atoms with Crippen molar-refractivity contribution in [1.82, 2.24) is 10.2 Å². The van der Waals surface area contributed by atoms with Gasteiger partial charge < -0.3 is 19.7 Å². The van der Waals surface area contributed by atoms with E-state index < -0.39 is 5.92 Å². The van der Waals surface area contributed by atoms with E-state index in [-0.39, 0.29) is 17.9 Å². The minimum absolute atomic E-state index is 0.0588. The maximum absolute atomic E-state index is 13.3. The molecule has 0 radical (unpaired) electrons. The van der Waals surface area contributed by atoms with E-state index in [1.54, 1.807) is 29.4 Å². The van der Waals surface area contributed by atoms with Crippen molar-refractivity contribution in [3.8, 4) is 0 Å². The Hall–Kier alpha value is -2.22. The van der Waals surface area contributed by atoms with Gasteiger partial charge in [0, 0.05) is 43.9 Å². The molecule has 0 fully saturated rings. The van der Waals surface area contributed by atoms with E-state index >= 15 is 0 Å². The number of methoxy groups -OCH3 is 1. The summed E-state index contributed by atoms with van der Waals surface area (Å²) in [5, 5.41) is 5.03. The highest BCUT2D eigenvalue weighted by Crippen LogP contribution is 2.44. The smallest absolute Gasteiger partial charge is 0.254 e. The molecule has 1 aliphatic rings. The lowest BCUT2D eigenvalue weighted by atomic mass is 9.81. The molecule has 0 unspecified atom stereocenters. The Morgan fingerprint density at radius 1 is 1.21 bits per heavy atom. The number of nitrogens with zero attached hydrogens (tertiary/aromatic N) is 1. The van der Waals surface area contributed by atoms with Crippen molar-refractivity contribution in [2.24, 2.45) is 0 Å². The van der Waals surface area contributed by atoms with Gasteiger partial charge in [-0.1, -0.05) is 24.3 Å². The van der Waals surface area contributed by atoms with E-state index in [9.17, 15) is 9.59 Å². The molecule has 2 aromatic rings. The van der Waals surface area contributed by atoms with E-state index in [1.165, 1.54) is 0 Å². The van der Waals surface area contributed by atoms with Crippen LogP contribution in [0.2, 0.25) is 0 Å². The largest absolute Gasteiger partial charge is 0.383 e. The van der Waals surface area contributed by atoms with Gasteiger partial charge in [0.25, 0.3) is 5.91 Å². The highest BCUT2D eigenvalue weighted by Gasteiger charge is 2.44. The Balaban J connectivity index is 1.93. The van der Waals surface area contributed by atoms with Crippen LogP contribution in [0.5, 0.6) is 0 Å². The molecule has 3 rings (SSSR count). The summed E-state index contributed by atoms with van der Waals surface area (Å²) in [7, 11) is 1.62. The zero-order chi connectivity index (χ0) is 20.6. The summed E-state index contributed by atoms with van der Waals surface area (Å²) >= 11 is 1.56. The number of carbonyl (C=O) groups is 2. The molecule has 0 saturated carbocycles. The molecule has 2 amide bonds. The van der Waals surface area contributed by atoms with E-state index in [0.717, 1.165) is 16.9 Å². The van der Waals surface area contributed by atoms with Crippen molar-refractivity contribution in [3.05, 3.63) is 57.8 Å². The van der Waals surface area contributed by atoms with Crippen molar-refractivity contribution in [2.75, 3.05) is 40.0 Å². The van der Waals surface area contributed by atoms with Crippen molar-refractivity contribution < 1.29 is 19.1 Å². The molecule has 1 N–H and O–H groups in total. The van der Waals surface area contributed by atoms with Crippen LogP contribution < -0.4 is 5.32 Å². The highest BCUT2D eigenvalue weighted by molar-refractivity contribution is 7.10. The summed E-state index contributed by atoms with van der Waals surface area (Å²) in [4.78, 5) is 29.3. The lowest BCUT2D eigenvalue weighted by Crippen LogP contribution is -2.48. The first kappa shape index (κ1) is 21.5. The number of hydrogen-bond acceptors (Lipinski definition) is 5. The number of carbonyl (C=O) groups excluding carboxylic acids is 2. The Morgan fingerprint density at radius 3 is 2.76 bits per heavy atom. The fourth-order valence-electron chi connectivity index (χ4n) is 3.73. The predicted molar refractivity (Wildman–Crippen MR) is 113 cm³/mol. The van der Waals surface area contributed by atoms with Crippen LogP contribution in [-0.4, -0.2) is 56.7 Å². The molecule has 6 nitrogen and oxygen atoms in total. The molecule has 156 valence electrons. The van der Waals surface area contributed by atoms with Gasteiger partial charge in [-0.2, -0.15) is 0 Å². The van der Waals surface area contributed by atoms with Crippen LogP contribution in [0.1, 0.15) is 46.1 Å². The summed E-state index contributed by atoms with van der Waals surface area (Å²) in [5.41, 5.74) is 1.37. The van der Waals surface area contributed by atoms with Crippen molar-refractivity contribution in [2.45, 2.75) is 25.3 Å². The molecule has 29 heavy (non-hydrogen) atoms. The normalized spacial score (nSPS) is 18.6. The van der Waals surface area contributed by atoms with Gasteiger partial charge in [0.05, 0.1) is 18.6 Å². The van der Waals surface area contributed by atoms with Crippen LogP contribution >= 0.6 is 11.3 Å². The zero-order valence-corrected chi connectivity index (χ0v) is 17.7. The summed E-state index contributed by atoms with van der Waals surface area (Å²) in [6.07, 6.45) is 0.754. The highest BCUT2D eigenvalue weighted by atomic mass is 32.1. The van der Waals surface area contributed by atoms with Gasteiger partial charge >= 0.3 is 0 Å². The lowest BCUT2D eigenvalue weighted by Gasteiger charge is -2.41. The van der Waals surface area contributed by atoms with E-state index in [1.807, 2.05) is 42.6 Å². The molecule has 0 saturated heterocycles. The predicted octanol–water partition coefficient (Wildman–Crippen LogP) is 3.22. The Morgan fingerprint density at radius 2 is 2.03 bits per heavy atom. The third-order valence-electron chi connectivity index (χ3n) is 5.06. The molecule has 7 heteroatoms. The molecule has 2 atom stereocenters. The molecule has 1 aromatic carbocycles. The summed E-state index contributed by atoms with van der Waals surface area (Å²) < 4.78 is 10.6. The number of ether oxygens (including phenoxy) is 2. The van der Waals surface area contributed by atoms with Crippen molar-refractivity contribution in [1.29, 1.82) is 0 Å². The van der Waals surface area contributed by atoms with Crippen LogP contribution in [0.25, 0.3) is 0 Å². The average molecular weight is 417 g/mol. The fourth-order valence-corrected chi connectivity index (χ4v) is 4.60. The first-order valence-corrected chi connectivity index (χ1v) is 10.8. The molecule has 2 heterocycles. The van der Waals surface area contributed by atoms with E-state index in [0.29, 0.717) is 38.5 Å². The second-order valence-electron chi connectivity index (χ2n) is 6.86. The van der Waals surface area contributed by atoms with Gasteiger partial charge in [0.1, 0.15) is 0 Å². The van der Waals surface area contributed by atoms with Gasteiger partial charge in [0.15, 0.2) is 0 Å². The first-order valence-electron chi connectivity index (χ1n) is 9.96. The van der Waals surface area contributed by atoms with E-state index in [2.05, 4.69) is 5.32 Å². The van der Waals surface area contributed by atoms with Crippen molar-refractivity contribution in [3.63, 3.8) is 0 Å². The third-order valence-corrected chi connectivity index (χ3v) is 6.00. The minimum Gasteiger partial charge on any atom is -0.383 e. The first-order chi connectivity index (χ1) is 14.2. The maximum Gasteiger partial charge on any atom is 0.254 e. The van der Waals surface area contributed by atoms with Crippen LogP contribution in [0, 0.1) is 0 Å². The molecule has 1 aliphatic heterocycles. The molecule has 0 bridgehead atoms. The molecule has 0 aliphatic carbocycles. The molecule has 0 spiro atoms. The van der Waals surface area contributed by atoms with Crippen LogP contribution in [0.15, 0.2) is 41.8 Å². The standard InChI is InChI=1S/C22H28N2O4S/c1-3-28-13-7-11-23-21(25)19-16-8-4-5-9-17(16)22(26)24(12-14-27-2)20(19)18-10-6-15-29-18/h4-6,8-10,15,19-20H,3,7,11-14H2,1-2H3,(H,23,25)/t19-,20-/m0/s1. The van der Waals surface area contributed by atoms with Gasteiger partial charge in [-0.05, 0) is 36.4 Å². The Bertz CT molecular complexity index is 809. The number of nitrogens with one attached hydrogen (secondary N) is 1. The number of rotatable bonds is 10. The van der Waals surface area contributed by atoms with Gasteiger partial charge in [0.2, 0.25) is 5.91 Å². The SMILES string of the molecule is CCOCCCNC(=O)[C@H]1c2ccccc2C(=O)N(CCOC)[C@H]1c1cccs1. The summed E-state index contributed by atoms with van der Waals surface area (Å²) in [6, 6.07) is 11.0. The molecular weight excluding hydrogens is 388 g/mol. The topological polar surface area (TPSA) is 67.9 Å². The molecule has 1 aromatic heterocycles. The summed E-state index contributed by atoms with van der Waals surface area (Å²) in [6.45, 7) is 4.63. The number of amides is 2. The maximum atomic E-state index is 13.3. The van der Waals surface area contributed by atoms with Gasteiger partial charge in [-0.3, -0.25) is 9.59 Å². The van der Waals surface area contributed by atoms with Gasteiger partial charge in [-0.25, -0.2) is 0 Å². The fraction of sp³-hybridized carbons (Fsp3) is 0.455. The monoisotopic (exact) mass is 416 g/mol. The summed E-state index contributed by atoms with van der Waals surface area (Å²) in [5.74, 6) is -0.592.